The molecule has 12 heteroatoms. The largest absolute Gasteiger partial charge is 0.449 e. The number of aromatic nitrogens is 4. The molecule has 1 aromatic carbocycles. The Balaban J connectivity index is 2.28. The van der Waals surface area contributed by atoms with Crippen LogP contribution in [0.15, 0.2) is 24.8 Å². The minimum Gasteiger partial charge on any atom is -0.316 e. The Labute approximate surface area is 157 Å². The summed E-state index contributed by atoms with van der Waals surface area (Å²) in [5, 5.41) is 2.71. The number of imidazole rings is 1. The zero-order chi connectivity index (χ0) is 21.0. The lowest BCUT2D eigenvalue weighted by atomic mass is 10.1. The quantitative estimate of drug-likeness (QED) is 0.412. The first-order valence-electron chi connectivity index (χ1n) is 7.54. The lowest BCUT2D eigenvalue weighted by molar-refractivity contribution is -0.146. The molecule has 0 saturated heterocycles. The summed E-state index contributed by atoms with van der Waals surface area (Å²) in [6, 6.07) is 1.63. The van der Waals surface area contributed by atoms with Crippen LogP contribution in [0.3, 0.4) is 0 Å². The Morgan fingerprint density at radius 2 is 1.79 bits per heavy atom. The Hall–Kier alpha value is -2.56. The fourth-order valence-corrected chi connectivity index (χ4v) is 3.20. The molecule has 150 valence electrons. The van der Waals surface area contributed by atoms with Crippen molar-refractivity contribution >= 4 is 22.6 Å². The molecule has 0 N–H and O–H groups in total. The standard InChI is InChI=1S/C16H10ClF7N4/c1-3-4-28-10-6-8(18)7(5-9(10)25-14(28)16(22,23)24)12-11(17)13(15(19,20)21)27(2)26-12/h3,5-6H,1,4H2,2H3. The van der Waals surface area contributed by atoms with Gasteiger partial charge < -0.3 is 4.57 Å². The van der Waals surface area contributed by atoms with E-state index < -0.39 is 46.0 Å². The van der Waals surface area contributed by atoms with Crippen molar-refractivity contribution in [2.75, 3.05) is 0 Å². The van der Waals surface area contributed by atoms with Crippen molar-refractivity contribution in [2.45, 2.75) is 18.9 Å². The van der Waals surface area contributed by atoms with Crippen molar-refractivity contribution in [1.29, 1.82) is 0 Å². The van der Waals surface area contributed by atoms with Crippen molar-refractivity contribution in [1.82, 2.24) is 19.3 Å². The van der Waals surface area contributed by atoms with Crippen LogP contribution in [0, 0.1) is 5.82 Å². The summed E-state index contributed by atoms with van der Waals surface area (Å²) in [6.07, 6.45) is -8.51. The van der Waals surface area contributed by atoms with Gasteiger partial charge in [-0.15, -0.1) is 6.58 Å². The zero-order valence-corrected chi connectivity index (χ0v) is 14.7. The summed E-state index contributed by atoms with van der Waals surface area (Å²) in [6.45, 7) is 3.05. The van der Waals surface area contributed by atoms with Crippen molar-refractivity contribution < 1.29 is 30.7 Å². The van der Waals surface area contributed by atoms with Crippen LogP contribution in [-0.4, -0.2) is 19.3 Å². The fraction of sp³-hybridized carbons (Fsp3) is 0.250. The molecule has 0 aliphatic carbocycles. The van der Waals surface area contributed by atoms with Gasteiger partial charge in [0.1, 0.15) is 11.5 Å². The number of nitrogens with zero attached hydrogens (tertiary/aromatic N) is 4. The van der Waals surface area contributed by atoms with E-state index in [1.807, 2.05) is 0 Å². The Bertz CT molecular complexity index is 1080. The highest BCUT2D eigenvalue weighted by molar-refractivity contribution is 6.33. The van der Waals surface area contributed by atoms with Crippen LogP contribution in [0.1, 0.15) is 11.5 Å². The first-order chi connectivity index (χ1) is 12.9. The minimum absolute atomic E-state index is 0.198. The SMILES string of the molecule is C=CCn1c(C(F)(F)F)nc2cc(-c3nn(C)c(C(F)(F)F)c3Cl)c(F)cc21. The second kappa shape index (κ2) is 6.50. The van der Waals surface area contributed by atoms with Gasteiger partial charge in [-0.25, -0.2) is 9.37 Å². The van der Waals surface area contributed by atoms with Crippen LogP contribution < -0.4 is 0 Å². The van der Waals surface area contributed by atoms with E-state index in [-0.39, 0.29) is 17.6 Å². The molecular weight excluding hydrogens is 417 g/mol. The van der Waals surface area contributed by atoms with E-state index in [0.29, 0.717) is 9.25 Å². The molecular formula is C16H10ClF7N4. The lowest BCUT2D eigenvalue weighted by Gasteiger charge is -2.09. The Morgan fingerprint density at radius 1 is 1.14 bits per heavy atom. The third-order valence-electron chi connectivity index (χ3n) is 3.92. The molecule has 4 nitrogen and oxygen atoms in total. The van der Waals surface area contributed by atoms with Crippen LogP contribution in [0.4, 0.5) is 30.7 Å². The number of hydrogen-bond acceptors (Lipinski definition) is 2. The second-order valence-corrected chi connectivity index (χ2v) is 6.16. The van der Waals surface area contributed by atoms with Gasteiger partial charge in [0.15, 0.2) is 5.69 Å². The molecule has 2 heterocycles. The summed E-state index contributed by atoms with van der Waals surface area (Å²) in [7, 11) is 0.967. The highest BCUT2D eigenvalue weighted by Crippen LogP contribution is 2.41. The van der Waals surface area contributed by atoms with E-state index in [4.69, 9.17) is 11.6 Å². The third-order valence-corrected chi connectivity index (χ3v) is 4.27. The number of halogens is 8. The number of allylic oxidation sites excluding steroid dienone is 1. The van der Waals surface area contributed by atoms with E-state index in [0.717, 1.165) is 19.2 Å². The number of rotatable bonds is 3. The molecule has 0 atom stereocenters. The zero-order valence-electron chi connectivity index (χ0n) is 14.0. The summed E-state index contributed by atoms with van der Waals surface area (Å²) in [4.78, 5) is 3.46. The van der Waals surface area contributed by atoms with Gasteiger partial charge >= 0.3 is 12.4 Å². The first-order valence-corrected chi connectivity index (χ1v) is 7.92. The molecule has 0 bridgehead atoms. The van der Waals surface area contributed by atoms with E-state index >= 15 is 0 Å². The maximum atomic E-state index is 14.6. The number of fused-ring (bicyclic) bond motifs is 1. The fourth-order valence-electron chi connectivity index (χ4n) is 2.84. The molecule has 0 radical (unpaired) electrons. The van der Waals surface area contributed by atoms with Gasteiger partial charge in [0.05, 0.1) is 16.1 Å². The lowest BCUT2D eigenvalue weighted by Crippen LogP contribution is -2.14. The summed E-state index contributed by atoms with van der Waals surface area (Å²) in [5.74, 6) is -2.39. The van der Waals surface area contributed by atoms with Gasteiger partial charge in [-0.05, 0) is 6.07 Å². The summed E-state index contributed by atoms with van der Waals surface area (Å²) >= 11 is 5.74. The number of alkyl halides is 6. The topological polar surface area (TPSA) is 35.6 Å². The molecule has 0 spiro atoms. The molecule has 28 heavy (non-hydrogen) atoms. The number of aryl methyl sites for hydroxylation is 1. The molecule has 2 aromatic heterocycles. The van der Waals surface area contributed by atoms with Crippen molar-refractivity contribution in [3.05, 3.63) is 47.1 Å². The molecule has 0 fully saturated rings. The van der Waals surface area contributed by atoms with Gasteiger partial charge in [-0.1, -0.05) is 17.7 Å². The molecule has 0 unspecified atom stereocenters. The maximum Gasteiger partial charge on any atom is 0.449 e. The normalized spacial score (nSPS) is 12.8. The average molecular weight is 427 g/mol. The molecule has 0 saturated carbocycles. The van der Waals surface area contributed by atoms with Crippen molar-refractivity contribution in [2.24, 2.45) is 7.05 Å². The molecule has 3 rings (SSSR count). The average Bonchev–Trinajstić information content (AvgIpc) is 3.04. The predicted octanol–water partition coefficient (Wildman–Crippen LogP) is 5.45. The summed E-state index contributed by atoms with van der Waals surface area (Å²) in [5.41, 5.74) is -2.84. The van der Waals surface area contributed by atoms with Gasteiger partial charge in [0, 0.05) is 25.2 Å². The Morgan fingerprint density at radius 3 is 2.29 bits per heavy atom. The van der Waals surface area contributed by atoms with Crippen LogP contribution in [-0.2, 0) is 25.9 Å². The highest BCUT2D eigenvalue weighted by Gasteiger charge is 2.40. The smallest absolute Gasteiger partial charge is 0.316 e. The second-order valence-electron chi connectivity index (χ2n) is 5.79. The molecule has 0 aliphatic rings. The van der Waals surface area contributed by atoms with E-state index in [1.165, 1.54) is 6.08 Å². The van der Waals surface area contributed by atoms with Crippen LogP contribution in [0.2, 0.25) is 5.02 Å². The number of hydrogen-bond donors (Lipinski definition) is 0. The van der Waals surface area contributed by atoms with Gasteiger partial charge in [-0.2, -0.15) is 31.4 Å². The maximum absolute atomic E-state index is 14.6. The highest BCUT2D eigenvalue weighted by atomic mass is 35.5. The minimum atomic E-state index is -4.85. The van der Waals surface area contributed by atoms with Crippen LogP contribution in [0.25, 0.3) is 22.3 Å². The van der Waals surface area contributed by atoms with Crippen molar-refractivity contribution in [3.63, 3.8) is 0 Å². The van der Waals surface area contributed by atoms with E-state index in [2.05, 4.69) is 16.7 Å². The molecule has 3 aromatic rings. The van der Waals surface area contributed by atoms with Gasteiger partial charge in [0.25, 0.3) is 0 Å². The molecule has 0 aliphatic heterocycles. The van der Waals surface area contributed by atoms with E-state index in [1.54, 1.807) is 0 Å². The van der Waals surface area contributed by atoms with Gasteiger partial charge in [0.2, 0.25) is 5.82 Å². The van der Waals surface area contributed by atoms with Crippen LogP contribution in [0.5, 0.6) is 0 Å². The third kappa shape index (κ3) is 3.23. The number of benzene rings is 1. The van der Waals surface area contributed by atoms with E-state index in [9.17, 15) is 30.7 Å². The van der Waals surface area contributed by atoms with Crippen molar-refractivity contribution in [3.8, 4) is 11.3 Å². The summed E-state index contributed by atoms with van der Waals surface area (Å²) < 4.78 is 94.6. The van der Waals surface area contributed by atoms with Crippen LogP contribution >= 0.6 is 11.6 Å². The van der Waals surface area contributed by atoms with Gasteiger partial charge in [-0.3, -0.25) is 4.68 Å². The molecule has 0 amide bonds. The Kier molecular flexibility index (Phi) is 4.69. The first kappa shape index (κ1) is 20.2. The predicted molar refractivity (Wildman–Crippen MR) is 87.1 cm³/mol. The monoisotopic (exact) mass is 426 g/mol.